The number of carbonyl (C=O) groups is 1. The van der Waals surface area contributed by atoms with E-state index >= 15 is 0 Å². The van der Waals surface area contributed by atoms with Crippen LogP contribution in [0.3, 0.4) is 0 Å². The summed E-state index contributed by atoms with van der Waals surface area (Å²) in [6.07, 6.45) is 0. The normalized spacial score (nSPS) is 13.1. The van der Waals surface area contributed by atoms with Crippen LogP contribution < -0.4 is 10.5 Å². The fourth-order valence-corrected chi connectivity index (χ4v) is 2.60. The maximum atomic E-state index is 11.9. The minimum Gasteiger partial charge on any atom is -0.495 e. The molecule has 0 saturated heterocycles. The van der Waals surface area contributed by atoms with Crippen LogP contribution >= 0.6 is 0 Å². The summed E-state index contributed by atoms with van der Waals surface area (Å²) in [5, 5.41) is 6.67. The Labute approximate surface area is 98.9 Å². The summed E-state index contributed by atoms with van der Waals surface area (Å²) in [6.45, 7) is 1.69. The second-order valence-corrected chi connectivity index (χ2v) is 5.50. The third-order valence-electron chi connectivity index (χ3n) is 2.20. The fraction of sp³-hybridized carbons (Fsp3) is 0.300. The topological polar surface area (TPSA) is 107 Å². The molecule has 3 N–H and O–H groups in total. The van der Waals surface area contributed by atoms with E-state index in [2.05, 4.69) is 0 Å². The molecule has 1 aromatic carbocycles. The molecule has 0 spiro atoms. The minimum absolute atomic E-state index is 0.0762. The van der Waals surface area contributed by atoms with Crippen molar-refractivity contribution in [3.05, 3.63) is 23.8 Å². The Morgan fingerprint density at radius 1 is 1.47 bits per heavy atom. The second-order valence-electron chi connectivity index (χ2n) is 3.46. The van der Waals surface area contributed by atoms with E-state index in [1.807, 2.05) is 0 Å². The third-order valence-corrected chi connectivity index (χ3v) is 4.01. The summed E-state index contributed by atoms with van der Waals surface area (Å²) in [7, 11) is -2.85. The van der Waals surface area contributed by atoms with Gasteiger partial charge in [-0.25, -0.2) is 13.2 Å². The highest BCUT2D eigenvalue weighted by molar-refractivity contribution is 7.92. The zero-order valence-electron chi connectivity index (χ0n) is 9.38. The van der Waals surface area contributed by atoms with Gasteiger partial charge in [0.2, 0.25) is 15.2 Å². The number of ether oxygens (including phenoxy) is 1. The molecule has 0 saturated carbocycles. The molecule has 0 amide bonds. The van der Waals surface area contributed by atoms with Crippen LogP contribution in [0.2, 0.25) is 0 Å². The largest absolute Gasteiger partial charge is 0.495 e. The molecule has 0 bridgehead atoms. The van der Waals surface area contributed by atoms with Crippen molar-refractivity contribution in [1.29, 1.82) is 0 Å². The Morgan fingerprint density at radius 3 is 2.53 bits per heavy atom. The summed E-state index contributed by atoms with van der Waals surface area (Å²) in [5.41, 5.74) is 5.83. The van der Waals surface area contributed by atoms with Crippen molar-refractivity contribution in [1.82, 2.24) is 0 Å². The molecule has 1 unspecified atom stereocenters. The molecule has 0 aromatic heterocycles. The Morgan fingerprint density at radius 2 is 2.06 bits per heavy atom. The van der Waals surface area contributed by atoms with Crippen LogP contribution in [0.4, 0.5) is 0 Å². The van der Waals surface area contributed by atoms with Gasteiger partial charge in [0.1, 0.15) is 10.6 Å². The summed E-state index contributed by atoms with van der Waals surface area (Å²) in [4.78, 5) is 10.4. The van der Waals surface area contributed by atoms with Gasteiger partial charge in [0, 0.05) is 0 Å². The molecule has 0 aliphatic heterocycles. The van der Waals surface area contributed by atoms with Gasteiger partial charge in [-0.05, 0) is 24.6 Å². The first-order chi connectivity index (χ1) is 7.80. The van der Waals surface area contributed by atoms with Gasteiger partial charge in [0.25, 0.3) is 0 Å². The lowest BCUT2D eigenvalue weighted by Gasteiger charge is -2.12. The lowest BCUT2D eigenvalue weighted by Crippen LogP contribution is -2.38. The number of aliphatic carboxylic acids is 1. The van der Waals surface area contributed by atoms with Crippen LogP contribution in [-0.2, 0) is 14.6 Å². The average molecular weight is 259 g/mol. The number of carboxylic acid groups (broad SMARTS) is 1. The van der Waals surface area contributed by atoms with Gasteiger partial charge < -0.3 is 15.6 Å². The third kappa shape index (κ3) is 2.56. The van der Waals surface area contributed by atoms with Crippen LogP contribution in [0.15, 0.2) is 23.1 Å². The molecule has 7 heteroatoms. The SMILES string of the molecule is COc1ccc(C)cc1S(=O)(=O)C(N)C(=O)O. The standard InChI is InChI=1S/C10H13NO5S/c1-6-3-4-7(16-2)8(5-6)17(14,15)9(11)10(12)13/h3-5,9H,11H2,1-2H3,(H,12,13). The average Bonchev–Trinajstić information content (AvgIpc) is 2.27. The lowest BCUT2D eigenvalue weighted by molar-refractivity contribution is -0.136. The van der Waals surface area contributed by atoms with Crippen LogP contribution in [-0.4, -0.2) is 32.0 Å². The van der Waals surface area contributed by atoms with Crippen molar-refractivity contribution in [3.8, 4) is 5.75 Å². The van der Waals surface area contributed by atoms with Gasteiger partial charge in [0.15, 0.2) is 0 Å². The number of benzene rings is 1. The number of hydrogen-bond acceptors (Lipinski definition) is 5. The molecule has 1 atom stereocenters. The first kappa shape index (κ1) is 13.5. The molecular weight excluding hydrogens is 246 g/mol. The molecule has 0 aliphatic carbocycles. The molecule has 17 heavy (non-hydrogen) atoms. The molecule has 0 aliphatic rings. The van der Waals surface area contributed by atoms with Crippen LogP contribution in [0.5, 0.6) is 5.75 Å². The van der Waals surface area contributed by atoms with E-state index in [0.29, 0.717) is 5.56 Å². The molecule has 0 heterocycles. The molecule has 1 aromatic rings. The van der Waals surface area contributed by atoms with Crippen LogP contribution in [0, 0.1) is 6.92 Å². The monoisotopic (exact) mass is 259 g/mol. The lowest BCUT2D eigenvalue weighted by atomic mass is 10.2. The minimum atomic E-state index is -4.15. The molecule has 94 valence electrons. The molecular formula is C10H13NO5S. The fourth-order valence-electron chi connectivity index (χ4n) is 1.28. The van der Waals surface area contributed by atoms with E-state index in [4.69, 9.17) is 15.6 Å². The maximum Gasteiger partial charge on any atom is 0.336 e. The summed E-state index contributed by atoms with van der Waals surface area (Å²) in [6, 6.07) is 4.44. The number of methoxy groups -OCH3 is 1. The molecule has 6 nitrogen and oxygen atoms in total. The Bertz CT molecular complexity index is 538. The zero-order valence-corrected chi connectivity index (χ0v) is 10.2. The summed E-state index contributed by atoms with van der Waals surface area (Å²) < 4.78 is 28.7. The van der Waals surface area contributed by atoms with Crippen molar-refractivity contribution in [2.75, 3.05) is 7.11 Å². The van der Waals surface area contributed by atoms with Crippen LogP contribution in [0.25, 0.3) is 0 Å². The highest BCUT2D eigenvalue weighted by atomic mass is 32.2. The zero-order chi connectivity index (χ0) is 13.2. The van der Waals surface area contributed by atoms with Crippen molar-refractivity contribution < 1.29 is 23.1 Å². The van der Waals surface area contributed by atoms with Gasteiger partial charge in [-0.1, -0.05) is 6.07 Å². The Balaban J connectivity index is 3.42. The van der Waals surface area contributed by atoms with Gasteiger partial charge in [0.05, 0.1) is 7.11 Å². The molecule has 0 radical (unpaired) electrons. The van der Waals surface area contributed by atoms with Crippen molar-refractivity contribution >= 4 is 15.8 Å². The highest BCUT2D eigenvalue weighted by Gasteiger charge is 2.32. The van der Waals surface area contributed by atoms with E-state index in [1.54, 1.807) is 13.0 Å². The van der Waals surface area contributed by atoms with Gasteiger partial charge in [-0.3, -0.25) is 0 Å². The summed E-state index contributed by atoms with van der Waals surface area (Å²) in [5.74, 6) is -1.53. The molecule has 0 fully saturated rings. The van der Waals surface area contributed by atoms with Crippen molar-refractivity contribution in [2.45, 2.75) is 17.2 Å². The quantitative estimate of drug-likeness (QED) is 0.797. The first-order valence-electron chi connectivity index (χ1n) is 4.67. The predicted molar refractivity (Wildman–Crippen MR) is 60.5 cm³/mol. The Hall–Kier alpha value is -1.60. The van der Waals surface area contributed by atoms with Crippen LogP contribution in [0.1, 0.15) is 5.56 Å². The number of aryl methyl sites for hydroxylation is 1. The second kappa shape index (κ2) is 4.72. The van der Waals surface area contributed by atoms with E-state index in [1.165, 1.54) is 19.2 Å². The maximum absolute atomic E-state index is 11.9. The van der Waals surface area contributed by atoms with Crippen molar-refractivity contribution in [3.63, 3.8) is 0 Å². The Kier molecular flexibility index (Phi) is 3.74. The number of nitrogens with two attached hydrogens (primary N) is 1. The van der Waals surface area contributed by atoms with E-state index in [0.717, 1.165) is 0 Å². The van der Waals surface area contributed by atoms with E-state index in [-0.39, 0.29) is 10.6 Å². The molecule has 1 rings (SSSR count). The number of hydrogen-bond donors (Lipinski definition) is 2. The van der Waals surface area contributed by atoms with Gasteiger partial charge in [-0.15, -0.1) is 0 Å². The predicted octanol–water partition coefficient (Wildman–Crippen LogP) is 0.147. The van der Waals surface area contributed by atoms with Gasteiger partial charge in [-0.2, -0.15) is 0 Å². The van der Waals surface area contributed by atoms with E-state index < -0.39 is 21.2 Å². The van der Waals surface area contributed by atoms with Gasteiger partial charge >= 0.3 is 5.97 Å². The number of carboxylic acids is 1. The van der Waals surface area contributed by atoms with Crippen molar-refractivity contribution in [2.24, 2.45) is 5.73 Å². The number of sulfone groups is 1. The first-order valence-corrected chi connectivity index (χ1v) is 6.22. The van der Waals surface area contributed by atoms with E-state index in [9.17, 15) is 13.2 Å². The smallest absolute Gasteiger partial charge is 0.336 e. The number of rotatable bonds is 4. The highest BCUT2D eigenvalue weighted by Crippen LogP contribution is 2.26. The summed E-state index contributed by atoms with van der Waals surface area (Å²) >= 11 is 0.